The highest BCUT2D eigenvalue weighted by atomic mass is 32.2. The average Bonchev–Trinajstić information content (AvgIpc) is 2.81. The molecule has 0 saturated heterocycles. The highest BCUT2D eigenvalue weighted by Crippen LogP contribution is 2.30. The molecule has 0 bridgehead atoms. The van der Waals surface area contributed by atoms with Gasteiger partial charge in [0.05, 0.1) is 0 Å². The van der Waals surface area contributed by atoms with Gasteiger partial charge in [-0.05, 0) is 6.07 Å². The van der Waals surface area contributed by atoms with Gasteiger partial charge in [-0.2, -0.15) is 0 Å². The number of nitrogens with zero attached hydrogens (tertiary/aromatic N) is 3. The summed E-state index contributed by atoms with van der Waals surface area (Å²) in [6.07, 6.45) is 0. The molecule has 0 spiro atoms. The average molecular weight is 325 g/mol. The molecule has 9 heteroatoms. The van der Waals surface area contributed by atoms with Crippen molar-refractivity contribution in [1.82, 2.24) is 15.0 Å². The predicted molar refractivity (Wildman–Crippen MR) is 80.0 cm³/mol. The SMILES string of the molecule is Nc1nc2nc(SCc3cccc(F)c3F)nc(N)c2s1. The van der Waals surface area contributed by atoms with E-state index >= 15 is 0 Å². The van der Waals surface area contributed by atoms with Gasteiger partial charge in [-0.15, -0.1) is 0 Å². The van der Waals surface area contributed by atoms with E-state index in [0.29, 0.717) is 20.6 Å². The van der Waals surface area contributed by atoms with Crippen molar-refractivity contribution in [3.05, 3.63) is 35.4 Å². The number of nitrogen functional groups attached to an aromatic ring is 2. The lowest BCUT2D eigenvalue weighted by Gasteiger charge is -2.04. The first kappa shape index (κ1) is 14.0. The van der Waals surface area contributed by atoms with Crippen molar-refractivity contribution in [2.45, 2.75) is 10.9 Å². The van der Waals surface area contributed by atoms with Crippen LogP contribution in [0.3, 0.4) is 0 Å². The zero-order chi connectivity index (χ0) is 15.0. The third kappa shape index (κ3) is 2.74. The van der Waals surface area contributed by atoms with Gasteiger partial charge in [0.1, 0.15) is 10.5 Å². The molecule has 2 aromatic heterocycles. The second-order valence-corrected chi connectivity index (χ2v) is 6.07. The normalized spacial score (nSPS) is 11.1. The van der Waals surface area contributed by atoms with Crippen LogP contribution in [0.2, 0.25) is 0 Å². The van der Waals surface area contributed by atoms with Gasteiger partial charge in [-0.1, -0.05) is 35.2 Å². The van der Waals surface area contributed by atoms with Gasteiger partial charge in [0, 0.05) is 11.3 Å². The van der Waals surface area contributed by atoms with Gasteiger partial charge in [0.2, 0.25) is 0 Å². The number of anilines is 2. The molecule has 0 atom stereocenters. The fraction of sp³-hybridized carbons (Fsp3) is 0.0833. The summed E-state index contributed by atoms with van der Waals surface area (Å²) in [5, 5.41) is 0.693. The Bertz CT molecular complexity index is 821. The van der Waals surface area contributed by atoms with Crippen LogP contribution in [-0.2, 0) is 5.75 Å². The fourth-order valence-electron chi connectivity index (χ4n) is 1.71. The molecule has 5 nitrogen and oxygen atoms in total. The first-order valence-electron chi connectivity index (χ1n) is 5.80. The zero-order valence-corrected chi connectivity index (χ0v) is 12.1. The Hall–Kier alpha value is -2.00. The van der Waals surface area contributed by atoms with Crippen molar-refractivity contribution in [2.75, 3.05) is 11.5 Å². The van der Waals surface area contributed by atoms with Crippen molar-refractivity contribution in [3.63, 3.8) is 0 Å². The summed E-state index contributed by atoms with van der Waals surface area (Å²) in [4.78, 5) is 12.3. The molecule has 3 aromatic rings. The largest absolute Gasteiger partial charge is 0.382 e. The number of thioether (sulfide) groups is 1. The maximum absolute atomic E-state index is 13.6. The van der Waals surface area contributed by atoms with Crippen LogP contribution >= 0.6 is 23.1 Å². The minimum absolute atomic E-state index is 0.189. The van der Waals surface area contributed by atoms with Gasteiger partial charge in [0.15, 0.2) is 27.6 Å². The maximum Gasteiger partial charge on any atom is 0.191 e. The lowest BCUT2D eigenvalue weighted by molar-refractivity contribution is 0.502. The maximum atomic E-state index is 13.6. The van der Waals surface area contributed by atoms with E-state index in [9.17, 15) is 8.78 Å². The molecule has 21 heavy (non-hydrogen) atoms. The van der Waals surface area contributed by atoms with Gasteiger partial charge in [0.25, 0.3) is 0 Å². The van der Waals surface area contributed by atoms with Gasteiger partial charge in [-0.3, -0.25) is 0 Å². The Balaban J connectivity index is 1.86. The lowest BCUT2D eigenvalue weighted by Crippen LogP contribution is -1.97. The van der Waals surface area contributed by atoms with Crippen molar-refractivity contribution in [2.24, 2.45) is 0 Å². The lowest BCUT2D eigenvalue weighted by atomic mass is 10.2. The van der Waals surface area contributed by atoms with E-state index in [2.05, 4.69) is 15.0 Å². The minimum atomic E-state index is -0.878. The third-order valence-electron chi connectivity index (χ3n) is 2.66. The van der Waals surface area contributed by atoms with Gasteiger partial charge in [-0.25, -0.2) is 23.7 Å². The van der Waals surface area contributed by atoms with Crippen molar-refractivity contribution in [1.29, 1.82) is 0 Å². The number of fused-ring (bicyclic) bond motifs is 1. The molecule has 108 valence electrons. The van der Waals surface area contributed by atoms with E-state index in [1.54, 1.807) is 0 Å². The molecular formula is C12H9F2N5S2. The Labute approximate surface area is 126 Å². The van der Waals surface area contributed by atoms with Crippen molar-refractivity contribution < 1.29 is 8.78 Å². The summed E-state index contributed by atoms with van der Waals surface area (Å²) in [6, 6.07) is 4.03. The molecule has 0 fully saturated rings. The second-order valence-electron chi connectivity index (χ2n) is 4.10. The van der Waals surface area contributed by atoms with Crippen LogP contribution in [-0.4, -0.2) is 15.0 Å². The van der Waals surface area contributed by atoms with Crippen LogP contribution in [0.1, 0.15) is 5.56 Å². The number of benzene rings is 1. The van der Waals surface area contributed by atoms with Crippen molar-refractivity contribution >= 4 is 44.4 Å². The van der Waals surface area contributed by atoms with Crippen LogP contribution in [0.25, 0.3) is 10.3 Å². The third-order valence-corrected chi connectivity index (χ3v) is 4.46. The first-order chi connectivity index (χ1) is 10.0. The second kappa shape index (κ2) is 5.41. The van der Waals surface area contributed by atoms with E-state index in [1.807, 2.05) is 0 Å². The predicted octanol–water partition coefficient (Wildman–Crippen LogP) is 2.82. The standard InChI is InChI=1S/C12H9F2N5S2/c13-6-3-1-2-5(7(6)14)4-20-12-17-9(15)8-10(19-12)18-11(16)21-8/h1-3H,4H2,(H4,15,16,17,18,19). The van der Waals surface area contributed by atoms with E-state index in [1.165, 1.54) is 23.5 Å². The molecule has 0 aliphatic rings. The Morgan fingerprint density at radius 1 is 1.14 bits per heavy atom. The number of halogens is 2. The summed E-state index contributed by atoms with van der Waals surface area (Å²) in [5.41, 5.74) is 12.1. The van der Waals surface area contributed by atoms with Gasteiger partial charge < -0.3 is 11.5 Å². The highest BCUT2D eigenvalue weighted by molar-refractivity contribution is 7.98. The van der Waals surface area contributed by atoms with E-state index in [-0.39, 0.29) is 17.1 Å². The minimum Gasteiger partial charge on any atom is -0.382 e. The summed E-state index contributed by atoms with van der Waals surface area (Å²) < 4.78 is 27.3. The fourth-order valence-corrected chi connectivity index (χ4v) is 3.20. The molecule has 0 aliphatic carbocycles. The van der Waals surface area contributed by atoms with Crippen LogP contribution in [0.5, 0.6) is 0 Å². The summed E-state index contributed by atoms with van der Waals surface area (Å²) >= 11 is 2.35. The molecule has 0 unspecified atom stereocenters. The van der Waals surface area contributed by atoms with Crippen molar-refractivity contribution in [3.8, 4) is 0 Å². The molecule has 0 radical (unpaired) electrons. The molecule has 3 rings (SSSR count). The topological polar surface area (TPSA) is 90.7 Å². The van der Waals surface area contributed by atoms with Crippen LogP contribution < -0.4 is 11.5 Å². The number of hydrogen-bond donors (Lipinski definition) is 2. The quantitative estimate of drug-likeness (QED) is 0.568. The Morgan fingerprint density at radius 2 is 1.95 bits per heavy atom. The summed E-state index contributed by atoms with van der Waals surface area (Å²) in [5.74, 6) is -1.28. The van der Waals surface area contributed by atoms with Crippen LogP contribution in [0, 0.1) is 11.6 Å². The zero-order valence-electron chi connectivity index (χ0n) is 10.5. The summed E-state index contributed by atoms with van der Waals surface area (Å²) in [7, 11) is 0. The number of nitrogens with two attached hydrogens (primary N) is 2. The van der Waals surface area contributed by atoms with E-state index in [4.69, 9.17) is 11.5 Å². The van der Waals surface area contributed by atoms with Crippen LogP contribution in [0.4, 0.5) is 19.7 Å². The van der Waals surface area contributed by atoms with E-state index < -0.39 is 11.6 Å². The molecule has 4 N–H and O–H groups in total. The molecule has 0 aliphatic heterocycles. The molecule has 0 saturated carbocycles. The molecular weight excluding hydrogens is 316 g/mol. The molecule has 0 amide bonds. The highest BCUT2D eigenvalue weighted by Gasteiger charge is 2.12. The number of aromatic nitrogens is 3. The number of thiazole rings is 1. The van der Waals surface area contributed by atoms with Crippen LogP contribution in [0.15, 0.2) is 23.4 Å². The smallest absolute Gasteiger partial charge is 0.191 e. The molecule has 1 aromatic carbocycles. The van der Waals surface area contributed by atoms with E-state index in [0.717, 1.165) is 17.8 Å². The monoisotopic (exact) mass is 325 g/mol. The summed E-state index contributed by atoms with van der Waals surface area (Å²) in [6.45, 7) is 0. The Morgan fingerprint density at radius 3 is 2.76 bits per heavy atom. The number of rotatable bonds is 3. The number of hydrogen-bond acceptors (Lipinski definition) is 7. The first-order valence-corrected chi connectivity index (χ1v) is 7.60. The Kier molecular flexibility index (Phi) is 3.60. The van der Waals surface area contributed by atoms with Gasteiger partial charge >= 0.3 is 0 Å². The molecule has 2 heterocycles.